The summed E-state index contributed by atoms with van der Waals surface area (Å²) in [6.07, 6.45) is 2.54. The van der Waals surface area contributed by atoms with Crippen LogP contribution < -0.4 is 16.6 Å². The number of carbonyl (C=O) groups excluding carboxylic acids is 3. The fraction of sp³-hybridized carbons (Fsp3) is 0.471. The number of allylic oxidation sites excluding steroid dienone is 1. The molecule has 11 heteroatoms. The zero-order valence-corrected chi connectivity index (χ0v) is 15.7. The second kappa shape index (κ2) is 13.2. The van der Waals surface area contributed by atoms with E-state index in [-0.39, 0.29) is 18.8 Å². The molecule has 0 saturated heterocycles. The number of carbonyl (C=O) groups is 3. The first-order valence-electron chi connectivity index (χ1n) is 8.41. The summed E-state index contributed by atoms with van der Waals surface area (Å²) in [5.41, 5.74) is 1.81. The lowest BCUT2D eigenvalue weighted by atomic mass is 10.2. The van der Waals surface area contributed by atoms with Crippen molar-refractivity contribution >= 4 is 17.8 Å². The number of nitrogens with two attached hydrogens (primary N) is 1. The Balaban J connectivity index is 2.71. The van der Waals surface area contributed by atoms with Crippen molar-refractivity contribution in [3.63, 3.8) is 0 Å². The Morgan fingerprint density at radius 3 is 2.86 bits per heavy atom. The van der Waals surface area contributed by atoms with Crippen molar-refractivity contribution in [2.75, 3.05) is 40.3 Å². The molecule has 0 aliphatic carbocycles. The molecular weight excluding hydrogens is 374 g/mol. The molecule has 1 aliphatic rings. The van der Waals surface area contributed by atoms with Gasteiger partial charge in [-0.15, -0.1) is 0 Å². The van der Waals surface area contributed by atoms with Crippen LogP contribution in [-0.4, -0.2) is 58.1 Å². The Hall–Kier alpha value is -3.05. The van der Waals surface area contributed by atoms with Gasteiger partial charge in [0.1, 0.15) is 6.61 Å². The fourth-order valence-corrected chi connectivity index (χ4v) is 1.87. The van der Waals surface area contributed by atoms with Crippen LogP contribution in [0.3, 0.4) is 0 Å². The van der Waals surface area contributed by atoms with Crippen LogP contribution >= 0.6 is 0 Å². The second-order valence-corrected chi connectivity index (χ2v) is 5.27. The van der Waals surface area contributed by atoms with Crippen molar-refractivity contribution in [1.29, 1.82) is 0 Å². The third kappa shape index (κ3) is 8.56. The third-order valence-corrected chi connectivity index (χ3v) is 3.32. The van der Waals surface area contributed by atoms with Crippen LogP contribution in [0.15, 0.2) is 35.9 Å². The normalized spacial score (nSPS) is 19.4. The molecule has 0 aromatic rings. The Bertz CT molecular complexity index is 630. The van der Waals surface area contributed by atoms with Crippen molar-refractivity contribution in [3.05, 3.63) is 35.9 Å². The molecule has 4 N–H and O–H groups in total. The largest absolute Gasteiger partial charge is 0.511 e. The predicted octanol–water partition coefficient (Wildman–Crippen LogP) is 0.000600. The molecule has 0 bridgehead atoms. The van der Waals surface area contributed by atoms with Crippen molar-refractivity contribution in [1.82, 2.24) is 10.7 Å². The third-order valence-electron chi connectivity index (χ3n) is 3.32. The van der Waals surface area contributed by atoms with Crippen molar-refractivity contribution < 1.29 is 38.1 Å². The molecule has 0 aromatic heterocycles. The molecule has 0 aromatic carbocycles. The average Bonchev–Trinajstić information content (AvgIpc) is 2.68. The lowest BCUT2D eigenvalue weighted by molar-refractivity contribution is -0.121. The van der Waals surface area contributed by atoms with Gasteiger partial charge in [0, 0.05) is 13.0 Å². The maximum atomic E-state index is 12.3. The van der Waals surface area contributed by atoms with Crippen LogP contribution in [0.25, 0.3) is 0 Å². The number of hydrazine groups is 1. The summed E-state index contributed by atoms with van der Waals surface area (Å²) in [4.78, 5) is 36.0. The molecule has 11 nitrogen and oxygen atoms in total. The monoisotopic (exact) mass is 399 g/mol. The molecule has 1 amide bonds. The number of nitrogens with one attached hydrogen (secondary N) is 2. The Labute approximate surface area is 162 Å². The highest BCUT2D eigenvalue weighted by Gasteiger charge is 2.22. The highest BCUT2D eigenvalue weighted by molar-refractivity contribution is 6.08. The molecule has 0 radical (unpaired) electrons. The number of amides is 1. The molecule has 1 rings (SSSR count). The first-order valence-corrected chi connectivity index (χ1v) is 8.41. The van der Waals surface area contributed by atoms with E-state index in [4.69, 9.17) is 29.5 Å². The summed E-state index contributed by atoms with van der Waals surface area (Å²) in [5.74, 6) is 4.07. The zero-order chi connectivity index (χ0) is 20.8. The number of ether oxygens (including phenoxy) is 5. The molecule has 28 heavy (non-hydrogen) atoms. The lowest BCUT2D eigenvalue weighted by Gasteiger charge is -2.15. The lowest BCUT2D eigenvalue weighted by Crippen LogP contribution is -2.39. The summed E-state index contributed by atoms with van der Waals surface area (Å²) >= 11 is 0. The summed E-state index contributed by atoms with van der Waals surface area (Å²) in [6.45, 7) is 3.81. The van der Waals surface area contributed by atoms with Gasteiger partial charge in [0.05, 0.1) is 26.1 Å². The maximum Gasteiger partial charge on any atom is 0.511 e. The average molecular weight is 399 g/mol. The second-order valence-electron chi connectivity index (χ2n) is 5.27. The standard InChI is InChI=1S/C17H25N3O8/c1-12(24-2)6-9-26-17(23)28-11-27-15-13(21)5-3-4-8-25-10-7-19-16(22)14(15)20-18/h3,5,20H,1,4,6-11,18H2,2H3,(H,19,22)/b5-3-,15-14+. The first-order chi connectivity index (χ1) is 13.5. The van der Waals surface area contributed by atoms with E-state index >= 15 is 0 Å². The van der Waals surface area contributed by atoms with Crippen LogP contribution in [0.5, 0.6) is 0 Å². The van der Waals surface area contributed by atoms with E-state index in [0.29, 0.717) is 31.8 Å². The SMILES string of the molecule is C=C(CCOC(=O)OCO/C1=C(/NN)C(=O)NCCOCC/C=C\C1=O)OC. The smallest absolute Gasteiger partial charge is 0.502 e. The van der Waals surface area contributed by atoms with Crippen molar-refractivity contribution in [2.24, 2.45) is 5.84 Å². The van der Waals surface area contributed by atoms with Crippen molar-refractivity contribution in [3.8, 4) is 0 Å². The molecule has 0 unspecified atom stereocenters. The molecule has 0 fully saturated rings. The molecule has 0 saturated carbocycles. The van der Waals surface area contributed by atoms with Gasteiger partial charge in [-0.05, 0) is 12.5 Å². The fourth-order valence-electron chi connectivity index (χ4n) is 1.87. The highest BCUT2D eigenvalue weighted by Crippen LogP contribution is 2.09. The number of hydrogen-bond acceptors (Lipinski definition) is 10. The number of ketones is 1. The van der Waals surface area contributed by atoms with E-state index in [1.54, 1.807) is 6.08 Å². The Kier molecular flexibility index (Phi) is 10.8. The van der Waals surface area contributed by atoms with Gasteiger partial charge >= 0.3 is 6.16 Å². The molecular formula is C17H25N3O8. The van der Waals surface area contributed by atoms with Crippen LogP contribution in [0, 0.1) is 0 Å². The van der Waals surface area contributed by atoms with Crippen LogP contribution in [-0.2, 0) is 33.3 Å². The van der Waals surface area contributed by atoms with E-state index in [1.165, 1.54) is 13.2 Å². The topological polar surface area (TPSA) is 147 Å². The van der Waals surface area contributed by atoms with Gasteiger partial charge in [-0.2, -0.15) is 0 Å². The van der Waals surface area contributed by atoms with Gasteiger partial charge < -0.3 is 34.4 Å². The van der Waals surface area contributed by atoms with E-state index in [0.717, 1.165) is 0 Å². The quantitative estimate of drug-likeness (QED) is 0.167. The van der Waals surface area contributed by atoms with Crippen LogP contribution in [0.4, 0.5) is 4.79 Å². The minimum atomic E-state index is -1.02. The molecule has 1 heterocycles. The van der Waals surface area contributed by atoms with Gasteiger partial charge in [0.2, 0.25) is 18.3 Å². The minimum absolute atomic E-state index is 0.00401. The minimum Gasteiger partial charge on any atom is -0.502 e. The van der Waals surface area contributed by atoms with Gasteiger partial charge in [-0.1, -0.05) is 12.7 Å². The van der Waals surface area contributed by atoms with E-state index < -0.39 is 30.4 Å². The van der Waals surface area contributed by atoms with E-state index in [9.17, 15) is 14.4 Å². The Morgan fingerprint density at radius 2 is 2.14 bits per heavy atom. The number of hydrogen-bond donors (Lipinski definition) is 3. The maximum absolute atomic E-state index is 12.3. The van der Waals surface area contributed by atoms with Gasteiger partial charge in [-0.3, -0.25) is 15.4 Å². The summed E-state index contributed by atoms with van der Waals surface area (Å²) in [7, 11) is 1.45. The molecule has 0 spiro atoms. The first kappa shape index (κ1) is 23.0. The van der Waals surface area contributed by atoms with E-state index in [1.807, 2.05) is 0 Å². The number of rotatable bonds is 8. The zero-order valence-electron chi connectivity index (χ0n) is 15.7. The Morgan fingerprint density at radius 1 is 1.36 bits per heavy atom. The van der Waals surface area contributed by atoms with Crippen LogP contribution in [0.2, 0.25) is 0 Å². The molecule has 1 aliphatic heterocycles. The predicted molar refractivity (Wildman–Crippen MR) is 96.1 cm³/mol. The number of methoxy groups -OCH3 is 1. The van der Waals surface area contributed by atoms with Crippen molar-refractivity contribution in [2.45, 2.75) is 12.8 Å². The van der Waals surface area contributed by atoms with Gasteiger partial charge in [0.25, 0.3) is 5.91 Å². The molecule has 156 valence electrons. The van der Waals surface area contributed by atoms with E-state index in [2.05, 4.69) is 17.3 Å². The molecule has 0 atom stereocenters. The highest BCUT2D eigenvalue weighted by atomic mass is 16.8. The van der Waals surface area contributed by atoms with Gasteiger partial charge in [0.15, 0.2) is 5.70 Å². The summed E-state index contributed by atoms with van der Waals surface area (Å²) in [6, 6.07) is 0. The summed E-state index contributed by atoms with van der Waals surface area (Å²) < 4.78 is 24.8. The summed E-state index contributed by atoms with van der Waals surface area (Å²) in [5, 5.41) is 2.52. The van der Waals surface area contributed by atoms with Gasteiger partial charge in [-0.25, -0.2) is 4.79 Å². The van der Waals surface area contributed by atoms with Crippen LogP contribution in [0.1, 0.15) is 12.8 Å².